The molecule has 0 saturated carbocycles. The summed E-state index contributed by atoms with van der Waals surface area (Å²) in [5.41, 5.74) is 16.7. The molecule has 90 valence electrons. The van der Waals surface area contributed by atoms with Crippen LogP contribution < -0.4 is 22.5 Å². The van der Waals surface area contributed by atoms with Crippen LogP contribution in [0.2, 0.25) is 0 Å². The first-order valence-corrected chi connectivity index (χ1v) is 5.08. The van der Waals surface area contributed by atoms with Crippen LogP contribution in [0.3, 0.4) is 0 Å². The monoisotopic (exact) mass is 252 g/mol. The highest BCUT2D eigenvalue weighted by Crippen LogP contribution is 2.05. The van der Waals surface area contributed by atoms with Gasteiger partial charge in [-0.3, -0.25) is 9.59 Å². The Morgan fingerprint density at radius 2 is 1.76 bits per heavy atom. The Morgan fingerprint density at radius 3 is 2.24 bits per heavy atom. The van der Waals surface area contributed by atoms with Gasteiger partial charge in [0.25, 0.3) is 5.91 Å². The van der Waals surface area contributed by atoms with E-state index in [-0.39, 0.29) is 4.99 Å². The molecule has 0 fully saturated rings. The highest BCUT2D eigenvalue weighted by Gasteiger charge is 2.17. The molecule has 0 bridgehead atoms. The fourth-order valence-electron chi connectivity index (χ4n) is 1.03. The van der Waals surface area contributed by atoms with E-state index in [2.05, 4.69) is 5.32 Å². The van der Waals surface area contributed by atoms with Crippen molar-refractivity contribution in [2.75, 3.05) is 5.73 Å². The molecule has 0 saturated heterocycles. The highest BCUT2D eigenvalue weighted by atomic mass is 32.1. The maximum Gasteiger partial charge on any atom is 0.256 e. The number of hydrogen-bond donors (Lipinski definition) is 4. The van der Waals surface area contributed by atoms with Gasteiger partial charge >= 0.3 is 0 Å². The van der Waals surface area contributed by atoms with Crippen LogP contribution in [0.4, 0.5) is 5.69 Å². The van der Waals surface area contributed by atoms with Gasteiger partial charge in [-0.25, -0.2) is 0 Å². The second-order valence-electron chi connectivity index (χ2n) is 3.32. The Hall–Kier alpha value is -1.99. The summed E-state index contributed by atoms with van der Waals surface area (Å²) in [5, 5.41) is 2.32. The second-order valence-corrected chi connectivity index (χ2v) is 3.76. The Kier molecular flexibility index (Phi) is 4.13. The molecule has 17 heavy (non-hydrogen) atoms. The van der Waals surface area contributed by atoms with E-state index in [1.54, 1.807) is 12.1 Å². The highest BCUT2D eigenvalue weighted by molar-refractivity contribution is 7.80. The number of rotatable bonds is 3. The van der Waals surface area contributed by atoms with Crippen LogP contribution in [0.5, 0.6) is 0 Å². The average molecular weight is 252 g/mol. The fraction of sp³-hybridized carbons (Fsp3) is 0.100. The third kappa shape index (κ3) is 3.51. The number of benzene rings is 1. The zero-order valence-electron chi connectivity index (χ0n) is 8.84. The van der Waals surface area contributed by atoms with Gasteiger partial charge in [-0.15, -0.1) is 0 Å². The number of primary amides is 1. The van der Waals surface area contributed by atoms with Gasteiger partial charge < -0.3 is 22.5 Å². The standard InChI is InChI=1S/C10H12N4O2S/c11-6-3-1-5(2-4-6)9(16)14-10(17)7(12)8(13)15/h1-4,7H,11-12H2,(H2,13,15)(H,14,16,17). The van der Waals surface area contributed by atoms with Crippen LogP contribution >= 0.6 is 12.2 Å². The van der Waals surface area contributed by atoms with Crippen molar-refractivity contribution >= 4 is 34.7 Å². The van der Waals surface area contributed by atoms with Crippen LogP contribution in [0, 0.1) is 0 Å². The van der Waals surface area contributed by atoms with Gasteiger partial charge in [0.1, 0.15) is 11.0 Å². The van der Waals surface area contributed by atoms with E-state index in [0.29, 0.717) is 11.3 Å². The van der Waals surface area contributed by atoms with Crippen molar-refractivity contribution in [1.82, 2.24) is 5.32 Å². The van der Waals surface area contributed by atoms with Gasteiger partial charge in [0.05, 0.1) is 0 Å². The second kappa shape index (κ2) is 5.37. The molecular formula is C10H12N4O2S. The quantitative estimate of drug-likeness (QED) is 0.411. The lowest BCUT2D eigenvalue weighted by molar-refractivity contribution is -0.117. The Morgan fingerprint density at radius 1 is 1.24 bits per heavy atom. The summed E-state index contributed by atoms with van der Waals surface area (Å²) < 4.78 is 0. The first-order valence-electron chi connectivity index (χ1n) is 4.67. The summed E-state index contributed by atoms with van der Waals surface area (Å²) in [4.78, 5) is 22.3. The molecule has 1 atom stereocenters. The number of anilines is 1. The van der Waals surface area contributed by atoms with Crippen LogP contribution in [0.1, 0.15) is 10.4 Å². The van der Waals surface area contributed by atoms with E-state index < -0.39 is 17.9 Å². The molecule has 0 aliphatic heterocycles. The van der Waals surface area contributed by atoms with E-state index in [1.807, 2.05) is 0 Å². The number of nitrogens with one attached hydrogen (secondary N) is 1. The van der Waals surface area contributed by atoms with E-state index in [9.17, 15) is 9.59 Å². The van der Waals surface area contributed by atoms with Crippen molar-refractivity contribution in [3.8, 4) is 0 Å². The third-order valence-corrected chi connectivity index (χ3v) is 2.35. The predicted octanol–water partition coefficient (Wildman–Crippen LogP) is -0.861. The van der Waals surface area contributed by atoms with Gasteiger partial charge in [-0.05, 0) is 24.3 Å². The molecule has 0 aliphatic carbocycles. The Balaban J connectivity index is 2.70. The van der Waals surface area contributed by atoms with Crippen molar-refractivity contribution in [2.24, 2.45) is 11.5 Å². The number of hydrogen-bond acceptors (Lipinski definition) is 5. The summed E-state index contributed by atoms with van der Waals surface area (Å²) in [6, 6.07) is 5.03. The Bertz CT molecular complexity index is 458. The molecule has 6 nitrogen and oxygen atoms in total. The first kappa shape index (κ1) is 13.1. The summed E-state index contributed by atoms with van der Waals surface area (Å²) in [6.07, 6.45) is 0. The minimum absolute atomic E-state index is 0.112. The first-order chi connectivity index (χ1) is 7.91. The topological polar surface area (TPSA) is 124 Å². The Labute approximate surface area is 103 Å². The molecule has 0 heterocycles. The van der Waals surface area contributed by atoms with Crippen molar-refractivity contribution in [3.05, 3.63) is 29.8 Å². The fourth-order valence-corrected chi connectivity index (χ4v) is 1.23. The molecule has 0 aliphatic rings. The number of amides is 2. The summed E-state index contributed by atoms with van der Waals surface area (Å²) >= 11 is 4.77. The van der Waals surface area contributed by atoms with E-state index in [1.165, 1.54) is 12.1 Å². The molecule has 1 aromatic rings. The minimum atomic E-state index is -1.18. The zero-order valence-corrected chi connectivity index (χ0v) is 9.66. The molecule has 1 aromatic carbocycles. The van der Waals surface area contributed by atoms with Crippen molar-refractivity contribution in [3.63, 3.8) is 0 Å². The van der Waals surface area contributed by atoms with Crippen LogP contribution in [-0.4, -0.2) is 22.8 Å². The summed E-state index contributed by atoms with van der Waals surface area (Å²) in [5.74, 6) is -1.26. The molecule has 1 unspecified atom stereocenters. The maximum absolute atomic E-state index is 11.6. The molecule has 7 N–H and O–H groups in total. The van der Waals surface area contributed by atoms with Gasteiger partial charge in [0, 0.05) is 11.3 Å². The lowest BCUT2D eigenvalue weighted by Gasteiger charge is -2.10. The number of carbonyl (C=O) groups excluding carboxylic acids is 2. The molecule has 0 spiro atoms. The number of nitrogen functional groups attached to an aromatic ring is 1. The molecule has 2 amide bonds. The minimum Gasteiger partial charge on any atom is -0.399 e. The van der Waals surface area contributed by atoms with Crippen molar-refractivity contribution in [1.29, 1.82) is 0 Å². The molecule has 7 heteroatoms. The van der Waals surface area contributed by atoms with Crippen molar-refractivity contribution in [2.45, 2.75) is 6.04 Å². The van der Waals surface area contributed by atoms with Gasteiger partial charge in [-0.2, -0.15) is 0 Å². The zero-order chi connectivity index (χ0) is 13.0. The predicted molar refractivity (Wildman–Crippen MR) is 68.1 cm³/mol. The normalized spacial score (nSPS) is 11.6. The van der Waals surface area contributed by atoms with Gasteiger partial charge in [0.2, 0.25) is 5.91 Å². The van der Waals surface area contributed by atoms with Gasteiger partial charge in [0.15, 0.2) is 0 Å². The molecule has 0 aromatic heterocycles. The largest absolute Gasteiger partial charge is 0.399 e. The molecule has 1 rings (SSSR count). The van der Waals surface area contributed by atoms with E-state index in [0.717, 1.165) is 0 Å². The van der Waals surface area contributed by atoms with Crippen LogP contribution in [0.25, 0.3) is 0 Å². The molecule has 0 radical (unpaired) electrons. The van der Waals surface area contributed by atoms with Crippen molar-refractivity contribution < 1.29 is 9.59 Å². The summed E-state index contributed by atoms with van der Waals surface area (Å²) in [6.45, 7) is 0. The van der Waals surface area contributed by atoms with E-state index in [4.69, 9.17) is 29.4 Å². The third-order valence-electron chi connectivity index (χ3n) is 2.00. The SMILES string of the molecule is NC(=O)C(N)C(=S)NC(=O)c1ccc(N)cc1. The number of carbonyl (C=O) groups is 2. The number of nitrogens with two attached hydrogens (primary N) is 3. The maximum atomic E-state index is 11.6. The molecular weight excluding hydrogens is 240 g/mol. The lowest BCUT2D eigenvalue weighted by atomic mass is 10.2. The van der Waals surface area contributed by atoms with Crippen LogP contribution in [0.15, 0.2) is 24.3 Å². The smallest absolute Gasteiger partial charge is 0.256 e. The lowest BCUT2D eigenvalue weighted by Crippen LogP contribution is -2.49. The van der Waals surface area contributed by atoms with Crippen LogP contribution in [-0.2, 0) is 4.79 Å². The number of thiocarbonyl (C=S) groups is 1. The van der Waals surface area contributed by atoms with Gasteiger partial charge in [-0.1, -0.05) is 12.2 Å². The van der Waals surface area contributed by atoms with E-state index >= 15 is 0 Å². The summed E-state index contributed by atoms with van der Waals surface area (Å²) in [7, 11) is 0. The average Bonchev–Trinajstić information content (AvgIpc) is 2.28.